The summed E-state index contributed by atoms with van der Waals surface area (Å²) >= 11 is 5.79. The third-order valence-electron chi connectivity index (χ3n) is 3.75. The maximum Gasteiger partial charge on any atom is 0.417 e. The standard InChI is InChI=1S/C16H13ClF3N/c17-15-9-13(5-6-14(15)16(18,19)20)21-8-7-11-3-1-2-4-12(11)10-21/h1-6,9H,7-8,10H2. The van der Waals surface area contributed by atoms with E-state index in [4.69, 9.17) is 11.6 Å². The van der Waals surface area contributed by atoms with Crippen LogP contribution in [0.25, 0.3) is 0 Å². The lowest BCUT2D eigenvalue weighted by molar-refractivity contribution is -0.137. The molecule has 0 fully saturated rings. The Bertz CT molecular complexity index is 667. The smallest absolute Gasteiger partial charge is 0.367 e. The highest BCUT2D eigenvalue weighted by Crippen LogP contribution is 2.37. The molecular weight excluding hydrogens is 299 g/mol. The molecule has 2 aromatic carbocycles. The highest BCUT2D eigenvalue weighted by Gasteiger charge is 2.33. The van der Waals surface area contributed by atoms with E-state index >= 15 is 0 Å². The van der Waals surface area contributed by atoms with Gasteiger partial charge in [0.05, 0.1) is 10.6 Å². The van der Waals surface area contributed by atoms with Crippen LogP contribution >= 0.6 is 11.6 Å². The highest BCUT2D eigenvalue weighted by molar-refractivity contribution is 6.31. The van der Waals surface area contributed by atoms with Crippen LogP contribution in [0, 0.1) is 0 Å². The van der Waals surface area contributed by atoms with Gasteiger partial charge in [0.25, 0.3) is 0 Å². The van der Waals surface area contributed by atoms with Crippen molar-refractivity contribution in [2.45, 2.75) is 19.1 Å². The second-order valence-corrected chi connectivity index (χ2v) is 5.51. The zero-order valence-corrected chi connectivity index (χ0v) is 11.9. The van der Waals surface area contributed by atoms with Crippen LogP contribution in [0.5, 0.6) is 0 Å². The predicted molar refractivity (Wildman–Crippen MR) is 77.7 cm³/mol. The Hall–Kier alpha value is -1.68. The summed E-state index contributed by atoms with van der Waals surface area (Å²) in [6.45, 7) is 1.47. The lowest BCUT2D eigenvalue weighted by Gasteiger charge is -2.31. The summed E-state index contributed by atoms with van der Waals surface area (Å²) in [6.07, 6.45) is -3.53. The number of halogens is 4. The van der Waals surface area contributed by atoms with Crippen LogP contribution in [0.1, 0.15) is 16.7 Å². The molecule has 5 heteroatoms. The number of benzene rings is 2. The van der Waals surface area contributed by atoms with E-state index in [1.807, 2.05) is 23.1 Å². The number of hydrogen-bond donors (Lipinski definition) is 0. The number of anilines is 1. The largest absolute Gasteiger partial charge is 0.417 e. The van der Waals surface area contributed by atoms with Crippen molar-refractivity contribution in [1.82, 2.24) is 0 Å². The molecule has 0 radical (unpaired) electrons. The minimum atomic E-state index is -4.41. The first-order valence-corrected chi connectivity index (χ1v) is 7.01. The Balaban J connectivity index is 1.88. The topological polar surface area (TPSA) is 3.24 Å². The van der Waals surface area contributed by atoms with E-state index in [0.717, 1.165) is 24.7 Å². The van der Waals surface area contributed by atoms with Crippen molar-refractivity contribution in [3.05, 3.63) is 64.2 Å². The van der Waals surface area contributed by atoms with Gasteiger partial charge < -0.3 is 4.90 Å². The SMILES string of the molecule is FC(F)(F)c1ccc(N2CCc3ccccc3C2)cc1Cl. The molecule has 0 aromatic heterocycles. The van der Waals surface area contributed by atoms with Crippen LogP contribution in [0.4, 0.5) is 18.9 Å². The Morgan fingerprint density at radius 2 is 1.71 bits per heavy atom. The molecule has 1 nitrogen and oxygen atoms in total. The Kier molecular flexibility index (Phi) is 3.57. The molecule has 1 aliphatic rings. The monoisotopic (exact) mass is 311 g/mol. The van der Waals surface area contributed by atoms with E-state index in [-0.39, 0.29) is 5.02 Å². The second kappa shape index (κ2) is 5.26. The summed E-state index contributed by atoms with van der Waals surface area (Å²) in [5.74, 6) is 0. The van der Waals surface area contributed by atoms with Gasteiger partial charge in [-0.25, -0.2) is 0 Å². The lowest BCUT2D eigenvalue weighted by atomic mass is 9.99. The number of hydrogen-bond acceptors (Lipinski definition) is 1. The number of nitrogens with zero attached hydrogens (tertiary/aromatic N) is 1. The Morgan fingerprint density at radius 3 is 2.38 bits per heavy atom. The Labute approximate surface area is 126 Å². The summed E-state index contributed by atoms with van der Waals surface area (Å²) in [6, 6.07) is 12.1. The molecule has 3 rings (SSSR count). The maximum atomic E-state index is 12.7. The third kappa shape index (κ3) is 2.86. The average molecular weight is 312 g/mol. The van der Waals surface area contributed by atoms with Crippen LogP contribution in [0.2, 0.25) is 5.02 Å². The van der Waals surface area contributed by atoms with Gasteiger partial charge in [-0.05, 0) is 35.7 Å². The molecule has 0 saturated carbocycles. The van der Waals surface area contributed by atoms with Crippen LogP contribution in [-0.4, -0.2) is 6.54 Å². The molecule has 0 spiro atoms. The van der Waals surface area contributed by atoms with Crippen molar-refractivity contribution in [3.8, 4) is 0 Å². The van der Waals surface area contributed by atoms with E-state index in [1.54, 1.807) is 0 Å². The third-order valence-corrected chi connectivity index (χ3v) is 4.07. The van der Waals surface area contributed by atoms with Gasteiger partial charge in [-0.1, -0.05) is 35.9 Å². The molecule has 0 N–H and O–H groups in total. The van der Waals surface area contributed by atoms with E-state index in [2.05, 4.69) is 6.07 Å². The van der Waals surface area contributed by atoms with Crippen molar-refractivity contribution in [2.75, 3.05) is 11.4 Å². The van der Waals surface area contributed by atoms with Crippen LogP contribution in [0.15, 0.2) is 42.5 Å². The molecule has 0 amide bonds. The van der Waals surface area contributed by atoms with Gasteiger partial charge in [0.2, 0.25) is 0 Å². The van der Waals surface area contributed by atoms with E-state index in [0.29, 0.717) is 6.54 Å². The number of alkyl halides is 3. The maximum absolute atomic E-state index is 12.7. The van der Waals surface area contributed by atoms with Crippen LogP contribution in [0.3, 0.4) is 0 Å². The fraction of sp³-hybridized carbons (Fsp3) is 0.250. The normalized spacial score (nSPS) is 15.0. The van der Waals surface area contributed by atoms with Crippen LogP contribution in [-0.2, 0) is 19.1 Å². The molecular formula is C16H13ClF3N. The van der Waals surface area contributed by atoms with Crippen molar-refractivity contribution < 1.29 is 13.2 Å². The van der Waals surface area contributed by atoms with Crippen LogP contribution < -0.4 is 4.90 Å². The second-order valence-electron chi connectivity index (χ2n) is 5.10. The minimum absolute atomic E-state index is 0.251. The first-order chi connectivity index (χ1) is 9.95. The molecule has 0 unspecified atom stereocenters. The van der Waals surface area contributed by atoms with E-state index in [1.165, 1.54) is 23.3 Å². The van der Waals surface area contributed by atoms with E-state index < -0.39 is 11.7 Å². The van der Waals surface area contributed by atoms with Gasteiger partial charge in [-0.3, -0.25) is 0 Å². The highest BCUT2D eigenvalue weighted by atomic mass is 35.5. The van der Waals surface area contributed by atoms with Crippen molar-refractivity contribution in [1.29, 1.82) is 0 Å². The lowest BCUT2D eigenvalue weighted by Crippen LogP contribution is -2.30. The number of rotatable bonds is 1. The Morgan fingerprint density at radius 1 is 1.00 bits per heavy atom. The zero-order chi connectivity index (χ0) is 15.0. The first-order valence-electron chi connectivity index (χ1n) is 6.63. The molecule has 0 bridgehead atoms. The molecule has 2 aromatic rings. The van der Waals surface area contributed by atoms with Crippen molar-refractivity contribution >= 4 is 17.3 Å². The van der Waals surface area contributed by atoms with Gasteiger partial charge >= 0.3 is 6.18 Å². The van der Waals surface area contributed by atoms with Gasteiger partial charge in [-0.2, -0.15) is 13.2 Å². The van der Waals surface area contributed by atoms with Crippen molar-refractivity contribution in [2.24, 2.45) is 0 Å². The quantitative estimate of drug-likeness (QED) is 0.722. The van der Waals surface area contributed by atoms with Crippen molar-refractivity contribution in [3.63, 3.8) is 0 Å². The number of fused-ring (bicyclic) bond motifs is 1. The summed E-state index contributed by atoms with van der Waals surface area (Å²) < 4.78 is 38.2. The predicted octanol–water partition coefficient (Wildman–Crippen LogP) is 4.92. The molecule has 110 valence electrons. The van der Waals surface area contributed by atoms with Gasteiger partial charge in [0.1, 0.15) is 0 Å². The van der Waals surface area contributed by atoms with Gasteiger partial charge in [0.15, 0.2) is 0 Å². The average Bonchev–Trinajstić information content (AvgIpc) is 2.45. The fourth-order valence-electron chi connectivity index (χ4n) is 2.65. The minimum Gasteiger partial charge on any atom is -0.367 e. The molecule has 0 atom stereocenters. The summed E-state index contributed by atoms with van der Waals surface area (Å²) in [5.41, 5.74) is 2.44. The summed E-state index contributed by atoms with van der Waals surface area (Å²) in [5, 5.41) is -0.251. The summed E-state index contributed by atoms with van der Waals surface area (Å²) in [7, 11) is 0. The van der Waals surface area contributed by atoms with Gasteiger partial charge in [0, 0.05) is 18.8 Å². The molecule has 1 heterocycles. The first kappa shape index (κ1) is 14.3. The molecule has 0 saturated heterocycles. The zero-order valence-electron chi connectivity index (χ0n) is 11.1. The summed E-state index contributed by atoms with van der Waals surface area (Å²) in [4.78, 5) is 2.05. The van der Waals surface area contributed by atoms with E-state index in [9.17, 15) is 13.2 Å². The molecule has 21 heavy (non-hydrogen) atoms. The van der Waals surface area contributed by atoms with Gasteiger partial charge in [-0.15, -0.1) is 0 Å². The fourth-order valence-corrected chi connectivity index (χ4v) is 2.93. The molecule has 1 aliphatic heterocycles. The molecule has 0 aliphatic carbocycles.